The number of rotatable bonds is 5. The molecule has 2 heterocycles. The maximum Gasteiger partial charge on any atom is 0.175 e. The Morgan fingerprint density at radius 1 is 1.00 bits per heavy atom. The monoisotopic (exact) mass is 405 g/mol. The fraction of sp³-hybridized carbons (Fsp3) is 0.0909. The maximum atomic E-state index is 11.7. The van der Waals surface area contributed by atoms with Crippen LogP contribution in [-0.4, -0.2) is 37.4 Å². The third kappa shape index (κ3) is 3.90. The zero-order chi connectivity index (χ0) is 20.4. The highest BCUT2D eigenvalue weighted by Gasteiger charge is 2.14. The third-order valence-corrected chi connectivity index (χ3v) is 5.66. The summed E-state index contributed by atoms with van der Waals surface area (Å²) in [4.78, 5) is 9.57. The molecule has 0 aliphatic heterocycles. The molecule has 0 N–H and O–H groups in total. The number of nitrogens with zero attached hydrogens (tertiary/aromatic N) is 3. The molecule has 146 valence electrons. The molecule has 0 spiro atoms. The lowest BCUT2D eigenvalue weighted by Crippen LogP contribution is -1.97. The van der Waals surface area contributed by atoms with Gasteiger partial charge in [-0.3, -0.25) is 9.39 Å². The van der Waals surface area contributed by atoms with E-state index in [4.69, 9.17) is 9.72 Å². The molecule has 0 unspecified atom stereocenters. The van der Waals surface area contributed by atoms with Crippen molar-refractivity contribution in [3.05, 3.63) is 78.6 Å². The first-order valence-electron chi connectivity index (χ1n) is 8.91. The number of imidazole rings is 1. The number of methoxy groups -OCH3 is 1. The Hall–Kier alpha value is -3.45. The average molecular weight is 405 g/mol. The number of hydrogen-bond donors (Lipinski definition) is 0. The summed E-state index contributed by atoms with van der Waals surface area (Å²) in [5.41, 5.74) is 3.93. The van der Waals surface area contributed by atoms with Gasteiger partial charge in [0.25, 0.3) is 0 Å². The van der Waals surface area contributed by atoms with Crippen LogP contribution in [0.4, 0.5) is 5.69 Å². The van der Waals surface area contributed by atoms with Gasteiger partial charge in [-0.1, -0.05) is 18.2 Å². The molecule has 7 heteroatoms. The molecule has 6 nitrogen and oxygen atoms in total. The van der Waals surface area contributed by atoms with Crippen molar-refractivity contribution in [3.63, 3.8) is 0 Å². The van der Waals surface area contributed by atoms with Crippen molar-refractivity contribution in [2.75, 3.05) is 13.4 Å². The van der Waals surface area contributed by atoms with E-state index < -0.39 is 9.84 Å². The molecule has 0 bridgehead atoms. The highest BCUT2D eigenvalue weighted by molar-refractivity contribution is 7.90. The molecule has 0 radical (unpaired) electrons. The van der Waals surface area contributed by atoms with Crippen LogP contribution in [-0.2, 0) is 9.84 Å². The highest BCUT2D eigenvalue weighted by atomic mass is 32.2. The van der Waals surface area contributed by atoms with Crippen LogP contribution in [0.25, 0.3) is 16.9 Å². The van der Waals surface area contributed by atoms with E-state index in [1.54, 1.807) is 37.6 Å². The zero-order valence-electron chi connectivity index (χ0n) is 16.0. The Morgan fingerprint density at radius 3 is 2.38 bits per heavy atom. The second kappa shape index (κ2) is 7.52. The van der Waals surface area contributed by atoms with Gasteiger partial charge in [0, 0.05) is 18.0 Å². The van der Waals surface area contributed by atoms with Crippen LogP contribution in [0.15, 0.2) is 82.8 Å². The van der Waals surface area contributed by atoms with Crippen molar-refractivity contribution in [2.24, 2.45) is 4.99 Å². The van der Waals surface area contributed by atoms with E-state index in [1.165, 1.54) is 6.26 Å². The number of aliphatic imine (C=N–C) groups is 1. The van der Waals surface area contributed by atoms with E-state index in [0.717, 1.165) is 34.0 Å². The molecule has 2 aromatic heterocycles. The number of pyridine rings is 1. The largest absolute Gasteiger partial charge is 0.497 e. The molecule has 0 saturated carbocycles. The Balaban J connectivity index is 1.79. The van der Waals surface area contributed by atoms with Gasteiger partial charge < -0.3 is 4.74 Å². The Bertz CT molecular complexity index is 1290. The molecule has 0 saturated heterocycles. The normalized spacial score (nSPS) is 11.9. The highest BCUT2D eigenvalue weighted by Crippen LogP contribution is 2.26. The van der Waals surface area contributed by atoms with Crippen LogP contribution in [0.3, 0.4) is 0 Å². The lowest BCUT2D eigenvalue weighted by Gasteiger charge is -2.03. The second-order valence-corrected chi connectivity index (χ2v) is 8.54. The second-order valence-electron chi connectivity index (χ2n) is 6.53. The van der Waals surface area contributed by atoms with Gasteiger partial charge in [0.1, 0.15) is 11.4 Å². The molecule has 0 amide bonds. The molecule has 0 fully saturated rings. The van der Waals surface area contributed by atoms with Gasteiger partial charge in [-0.15, -0.1) is 0 Å². The first-order chi connectivity index (χ1) is 14.0. The summed E-state index contributed by atoms with van der Waals surface area (Å²) in [5.74, 6) is 0.769. The summed E-state index contributed by atoms with van der Waals surface area (Å²) >= 11 is 0. The molecule has 2 aromatic carbocycles. The first kappa shape index (κ1) is 18.9. The summed E-state index contributed by atoms with van der Waals surface area (Å²) in [6, 6.07) is 19.9. The lowest BCUT2D eigenvalue weighted by atomic mass is 10.1. The molecule has 0 aliphatic rings. The summed E-state index contributed by atoms with van der Waals surface area (Å²) in [6.45, 7) is 0. The van der Waals surface area contributed by atoms with Crippen molar-refractivity contribution >= 4 is 27.4 Å². The van der Waals surface area contributed by atoms with E-state index in [-0.39, 0.29) is 4.90 Å². The Labute approximate surface area is 169 Å². The van der Waals surface area contributed by atoms with E-state index in [9.17, 15) is 8.42 Å². The standard InChI is InChI=1S/C22H19N3O3S/c1-28-18-10-8-17(9-11-18)23-15-20-22(24-21-5-3-4-14-25(20)21)16-6-12-19(13-7-16)29(2,26)27/h3-15H,1-2H3. The number of fused-ring (bicyclic) bond motifs is 1. The number of ether oxygens (including phenoxy) is 1. The molecule has 0 aliphatic carbocycles. The summed E-state index contributed by atoms with van der Waals surface area (Å²) < 4.78 is 30.6. The SMILES string of the molecule is COc1ccc(N=Cc2c(-c3ccc(S(C)(=O)=O)cc3)nc3ccccn23)cc1. The van der Waals surface area contributed by atoms with Crippen LogP contribution in [0.2, 0.25) is 0 Å². The molecule has 4 aromatic rings. The minimum absolute atomic E-state index is 0.276. The molecule has 29 heavy (non-hydrogen) atoms. The van der Waals surface area contributed by atoms with Crippen molar-refractivity contribution in [3.8, 4) is 17.0 Å². The summed E-state index contributed by atoms with van der Waals surface area (Å²) in [7, 11) is -1.63. The molecular formula is C22H19N3O3S. The molecular weight excluding hydrogens is 386 g/mol. The lowest BCUT2D eigenvalue weighted by molar-refractivity contribution is 0.415. The summed E-state index contributed by atoms with van der Waals surface area (Å²) in [5, 5.41) is 0. The van der Waals surface area contributed by atoms with E-state index in [2.05, 4.69) is 4.99 Å². The quantitative estimate of drug-likeness (QED) is 0.467. The Morgan fingerprint density at radius 2 is 1.72 bits per heavy atom. The molecule has 0 atom stereocenters. The van der Waals surface area contributed by atoms with Gasteiger partial charge in [0.05, 0.1) is 35.3 Å². The maximum absolute atomic E-state index is 11.7. The first-order valence-corrected chi connectivity index (χ1v) is 10.8. The van der Waals surface area contributed by atoms with Gasteiger partial charge >= 0.3 is 0 Å². The van der Waals surface area contributed by atoms with Gasteiger partial charge in [0.15, 0.2) is 9.84 Å². The van der Waals surface area contributed by atoms with Crippen LogP contribution < -0.4 is 4.74 Å². The topological polar surface area (TPSA) is 73.0 Å². The van der Waals surface area contributed by atoms with Gasteiger partial charge in [0.2, 0.25) is 0 Å². The zero-order valence-corrected chi connectivity index (χ0v) is 16.8. The minimum Gasteiger partial charge on any atom is -0.497 e. The number of benzene rings is 2. The van der Waals surface area contributed by atoms with Gasteiger partial charge in [-0.05, 0) is 48.5 Å². The number of sulfone groups is 1. The van der Waals surface area contributed by atoms with Gasteiger partial charge in [-0.2, -0.15) is 0 Å². The van der Waals surface area contributed by atoms with Crippen molar-refractivity contribution in [1.29, 1.82) is 0 Å². The van der Waals surface area contributed by atoms with Crippen LogP contribution in [0, 0.1) is 0 Å². The van der Waals surface area contributed by atoms with Gasteiger partial charge in [-0.25, -0.2) is 13.4 Å². The van der Waals surface area contributed by atoms with Crippen LogP contribution in [0.5, 0.6) is 5.75 Å². The smallest absolute Gasteiger partial charge is 0.175 e. The number of aromatic nitrogens is 2. The third-order valence-electron chi connectivity index (χ3n) is 4.53. The fourth-order valence-corrected chi connectivity index (χ4v) is 3.65. The van der Waals surface area contributed by atoms with Crippen molar-refractivity contribution < 1.29 is 13.2 Å². The fourth-order valence-electron chi connectivity index (χ4n) is 3.01. The van der Waals surface area contributed by atoms with Crippen LogP contribution >= 0.6 is 0 Å². The van der Waals surface area contributed by atoms with E-state index >= 15 is 0 Å². The van der Waals surface area contributed by atoms with E-state index in [0.29, 0.717) is 0 Å². The van der Waals surface area contributed by atoms with Crippen molar-refractivity contribution in [2.45, 2.75) is 4.90 Å². The van der Waals surface area contributed by atoms with Crippen LogP contribution in [0.1, 0.15) is 5.69 Å². The number of hydrogen-bond acceptors (Lipinski definition) is 5. The summed E-state index contributed by atoms with van der Waals surface area (Å²) in [6.07, 6.45) is 4.88. The Kier molecular flexibility index (Phi) is 4.90. The molecule has 4 rings (SSSR count). The minimum atomic E-state index is -3.25. The average Bonchev–Trinajstić information content (AvgIpc) is 3.11. The van der Waals surface area contributed by atoms with E-state index in [1.807, 2.05) is 53.1 Å². The van der Waals surface area contributed by atoms with Crippen molar-refractivity contribution in [1.82, 2.24) is 9.38 Å². The predicted molar refractivity (Wildman–Crippen MR) is 114 cm³/mol. The predicted octanol–water partition coefficient (Wildman–Crippen LogP) is 4.16.